The van der Waals surface area contributed by atoms with Crippen molar-refractivity contribution in [1.29, 1.82) is 0 Å². The Morgan fingerprint density at radius 3 is 2.33 bits per heavy atom. The Balaban J connectivity index is 1.55. The van der Waals surface area contributed by atoms with E-state index in [4.69, 9.17) is 10.8 Å². The van der Waals surface area contributed by atoms with Crippen LogP contribution >= 0.6 is 0 Å². The van der Waals surface area contributed by atoms with Crippen LogP contribution in [-0.2, 0) is 5.41 Å². The summed E-state index contributed by atoms with van der Waals surface area (Å²) < 4.78 is 0.0381. The molecule has 2 aliphatic heterocycles. The number of fused-ring (bicyclic) bond motifs is 1. The Kier molecular flexibility index (Phi) is 4.10. The van der Waals surface area contributed by atoms with Gasteiger partial charge in [-0.05, 0) is 34.2 Å². The lowest BCUT2D eigenvalue weighted by Crippen LogP contribution is -2.53. The summed E-state index contributed by atoms with van der Waals surface area (Å²) in [6, 6.07) is 17.2. The highest BCUT2D eigenvalue weighted by atomic mass is 15.6. The fourth-order valence-electron chi connectivity index (χ4n) is 3.94. The number of hydrogen-bond donors (Lipinski definition) is 1. The minimum Gasteiger partial charge on any atom is -0.253 e. The van der Waals surface area contributed by atoms with Gasteiger partial charge >= 0.3 is 0 Å². The number of benzene rings is 2. The Morgan fingerprint density at radius 1 is 0.933 bits per heavy atom. The van der Waals surface area contributed by atoms with Crippen molar-refractivity contribution >= 4 is 12.1 Å². The van der Waals surface area contributed by atoms with Crippen molar-refractivity contribution in [3.05, 3.63) is 107 Å². The van der Waals surface area contributed by atoms with Crippen LogP contribution in [0.25, 0.3) is 11.1 Å². The number of aliphatic imine (C=N–C) groups is 2. The van der Waals surface area contributed by atoms with Gasteiger partial charge in [-0.3, -0.25) is 4.99 Å². The van der Waals surface area contributed by atoms with Gasteiger partial charge in [0.1, 0.15) is 11.9 Å². The topological polar surface area (TPSA) is 50.7 Å². The average Bonchev–Trinajstić information content (AvgIpc) is 2.99. The number of nitrogens with zero attached hydrogens (tertiary/aromatic N) is 3. The van der Waals surface area contributed by atoms with Crippen LogP contribution in [0, 0.1) is 0 Å². The van der Waals surface area contributed by atoms with Crippen LogP contribution in [0.1, 0.15) is 31.9 Å². The molecule has 30 heavy (non-hydrogen) atoms. The third-order valence-corrected chi connectivity index (χ3v) is 5.82. The van der Waals surface area contributed by atoms with Crippen LogP contribution in [-0.4, -0.2) is 16.6 Å². The van der Waals surface area contributed by atoms with Gasteiger partial charge in [-0.1, -0.05) is 75.4 Å². The highest BCUT2D eigenvalue weighted by Crippen LogP contribution is 2.37. The first-order chi connectivity index (χ1) is 14.4. The van der Waals surface area contributed by atoms with Crippen molar-refractivity contribution in [3.8, 4) is 11.1 Å². The average molecular weight is 394 g/mol. The second kappa shape index (κ2) is 6.59. The van der Waals surface area contributed by atoms with Gasteiger partial charge in [0.2, 0.25) is 5.70 Å². The van der Waals surface area contributed by atoms with E-state index in [9.17, 15) is 0 Å². The smallest absolute Gasteiger partial charge is 0.253 e. The van der Waals surface area contributed by atoms with Gasteiger partial charge in [-0.15, -0.1) is 4.59 Å². The summed E-state index contributed by atoms with van der Waals surface area (Å²) in [5.41, 5.74) is 7.67. The second-order valence-electron chi connectivity index (χ2n) is 8.91. The SMILES string of the molecule is CC(C)(C)c1ccc(-c2cccc(C3=NC(C4=CC=C4)=C4C=NC=C[N+]34N)c2)cc1. The molecular formula is C26H25N4+. The molecule has 0 amide bonds. The van der Waals surface area contributed by atoms with Crippen molar-refractivity contribution < 1.29 is 4.59 Å². The molecule has 1 unspecified atom stereocenters. The lowest BCUT2D eigenvalue weighted by atomic mass is 9.86. The summed E-state index contributed by atoms with van der Waals surface area (Å²) in [6.45, 7) is 6.69. The van der Waals surface area contributed by atoms with E-state index in [1.54, 1.807) is 6.20 Å². The predicted molar refractivity (Wildman–Crippen MR) is 123 cm³/mol. The van der Waals surface area contributed by atoms with Gasteiger partial charge in [0.05, 0.1) is 18.0 Å². The van der Waals surface area contributed by atoms with Crippen molar-refractivity contribution in [2.45, 2.75) is 26.2 Å². The third-order valence-electron chi connectivity index (χ3n) is 5.82. The highest BCUT2D eigenvalue weighted by molar-refractivity contribution is 6.02. The van der Waals surface area contributed by atoms with Crippen molar-refractivity contribution in [2.75, 3.05) is 0 Å². The molecule has 2 N–H and O–H groups in total. The number of hydrogen-bond acceptors (Lipinski definition) is 3. The normalized spacial score (nSPS) is 22.0. The Morgan fingerprint density at radius 2 is 1.67 bits per heavy atom. The Bertz CT molecular complexity index is 1210. The minimum atomic E-state index is 0.0381. The van der Waals surface area contributed by atoms with Crippen LogP contribution in [0.3, 0.4) is 0 Å². The molecule has 4 nitrogen and oxygen atoms in total. The molecule has 2 aromatic carbocycles. The van der Waals surface area contributed by atoms with Crippen molar-refractivity contribution in [2.24, 2.45) is 15.8 Å². The minimum absolute atomic E-state index is 0.0381. The second-order valence-corrected chi connectivity index (χ2v) is 8.91. The van der Waals surface area contributed by atoms with Crippen LogP contribution in [0.4, 0.5) is 0 Å². The molecule has 2 heterocycles. The van der Waals surface area contributed by atoms with E-state index in [1.807, 2.05) is 18.5 Å². The molecule has 0 spiro atoms. The standard InChI is InChI=1S/C26H25N4/c1-26(2,3)22-12-10-18(11-13-22)20-8-5-9-21(16-20)25-29-24(19-6-4-7-19)23-17-28-14-15-30(23,25)27/h4-17H,27H2,1-3H3/q+1. The molecule has 0 fully saturated rings. The van der Waals surface area contributed by atoms with E-state index >= 15 is 0 Å². The lowest BCUT2D eigenvalue weighted by molar-refractivity contribution is -0.750. The molecule has 0 aromatic heterocycles. The van der Waals surface area contributed by atoms with E-state index in [0.29, 0.717) is 0 Å². The molecule has 1 atom stereocenters. The third kappa shape index (κ3) is 2.93. The van der Waals surface area contributed by atoms with Crippen LogP contribution in [0.15, 0.2) is 106 Å². The number of allylic oxidation sites excluding steroid dienone is 4. The van der Waals surface area contributed by atoms with Crippen LogP contribution < -0.4 is 5.84 Å². The number of rotatable bonds is 3. The van der Waals surface area contributed by atoms with Gasteiger partial charge < -0.3 is 0 Å². The monoisotopic (exact) mass is 393 g/mol. The maximum absolute atomic E-state index is 6.82. The summed E-state index contributed by atoms with van der Waals surface area (Å²) in [6.07, 6.45) is 11.6. The zero-order valence-electron chi connectivity index (χ0n) is 17.5. The number of amidine groups is 1. The molecule has 0 radical (unpaired) electrons. The molecule has 0 saturated heterocycles. The van der Waals surface area contributed by atoms with E-state index in [1.165, 1.54) is 11.1 Å². The first-order valence-corrected chi connectivity index (χ1v) is 10.2. The summed E-state index contributed by atoms with van der Waals surface area (Å²) in [4.78, 5) is 9.25. The predicted octanol–water partition coefficient (Wildman–Crippen LogP) is 5.37. The Labute approximate surface area is 177 Å². The van der Waals surface area contributed by atoms with E-state index in [2.05, 4.69) is 86.4 Å². The molecule has 5 rings (SSSR count). The molecule has 2 aromatic rings. The molecular weight excluding hydrogens is 368 g/mol. The zero-order valence-corrected chi connectivity index (χ0v) is 17.5. The fraction of sp³-hybridized carbons (Fsp3) is 0.154. The molecule has 4 heteroatoms. The van der Waals surface area contributed by atoms with Gasteiger partial charge in [0.25, 0.3) is 5.84 Å². The summed E-state index contributed by atoms with van der Waals surface area (Å²) >= 11 is 0. The molecule has 0 bridgehead atoms. The number of nitrogens with two attached hydrogens (primary N) is 1. The van der Waals surface area contributed by atoms with Gasteiger partial charge in [0, 0.05) is 5.57 Å². The molecule has 148 valence electrons. The Hall–Kier alpha value is -3.34. The van der Waals surface area contributed by atoms with Crippen molar-refractivity contribution in [3.63, 3.8) is 0 Å². The van der Waals surface area contributed by atoms with E-state index in [-0.39, 0.29) is 10.0 Å². The van der Waals surface area contributed by atoms with Crippen LogP contribution in [0.2, 0.25) is 0 Å². The first-order valence-electron chi connectivity index (χ1n) is 10.2. The number of quaternary nitrogens is 1. The van der Waals surface area contributed by atoms with Gasteiger partial charge in [0.15, 0.2) is 0 Å². The summed E-state index contributed by atoms with van der Waals surface area (Å²) in [5, 5.41) is 0. The lowest BCUT2D eigenvalue weighted by Gasteiger charge is -2.26. The molecule has 0 saturated carbocycles. The zero-order chi connectivity index (χ0) is 20.9. The van der Waals surface area contributed by atoms with Gasteiger partial charge in [-0.2, -0.15) is 10.8 Å². The van der Waals surface area contributed by atoms with Crippen LogP contribution in [0.5, 0.6) is 0 Å². The molecule has 1 aliphatic carbocycles. The maximum atomic E-state index is 6.82. The first kappa shape index (κ1) is 18.7. The summed E-state index contributed by atoms with van der Waals surface area (Å²) in [7, 11) is 0. The fourth-order valence-corrected chi connectivity index (χ4v) is 3.94. The van der Waals surface area contributed by atoms with Crippen molar-refractivity contribution in [1.82, 2.24) is 0 Å². The summed E-state index contributed by atoms with van der Waals surface area (Å²) in [5.74, 6) is 7.63. The molecule has 3 aliphatic rings. The van der Waals surface area contributed by atoms with E-state index in [0.717, 1.165) is 33.9 Å². The largest absolute Gasteiger partial charge is 0.265 e. The maximum Gasteiger partial charge on any atom is 0.265 e. The van der Waals surface area contributed by atoms with Gasteiger partial charge in [-0.25, -0.2) is 0 Å². The van der Waals surface area contributed by atoms with E-state index < -0.39 is 0 Å². The highest BCUT2D eigenvalue weighted by Gasteiger charge is 2.44. The quantitative estimate of drug-likeness (QED) is 0.553.